The van der Waals surface area contributed by atoms with Crippen molar-refractivity contribution in [2.45, 2.75) is 57.6 Å². The zero-order valence-electron chi connectivity index (χ0n) is 28.9. The Morgan fingerprint density at radius 2 is 1.69 bits per heavy atom. The van der Waals surface area contributed by atoms with Crippen LogP contribution in [0.4, 0.5) is 4.79 Å². The minimum atomic E-state index is -1.83. The number of esters is 1. The zero-order chi connectivity index (χ0) is 36.8. The van der Waals surface area contributed by atoms with Crippen molar-refractivity contribution in [3.05, 3.63) is 113 Å². The molecule has 1 aliphatic rings. The summed E-state index contributed by atoms with van der Waals surface area (Å²) in [7, 11) is 1.15. The number of methoxy groups -OCH3 is 1. The quantitative estimate of drug-likeness (QED) is 0.106. The fraction of sp³-hybridized carbons (Fsp3) is 0.359. The van der Waals surface area contributed by atoms with Gasteiger partial charge in [-0.05, 0) is 36.1 Å². The number of benzene rings is 3. The summed E-state index contributed by atoms with van der Waals surface area (Å²) < 4.78 is 27.3. The fourth-order valence-corrected chi connectivity index (χ4v) is 5.51. The van der Waals surface area contributed by atoms with Crippen molar-refractivity contribution in [3.63, 3.8) is 0 Å². The lowest BCUT2D eigenvalue weighted by Crippen LogP contribution is -2.51. The van der Waals surface area contributed by atoms with Gasteiger partial charge >= 0.3 is 12.1 Å². The van der Waals surface area contributed by atoms with Gasteiger partial charge in [-0.1, -0.05) is 90.5 Å². The Labute approximate surface area is 296 Å². The van der Waals surface area contributed by atoms with Gasteiger partial charge in [0.15, 0.2) is 23.8 Å². The Hall–Kier alpha value is -5.01. The number of aliphatic hydroxyl groups is 1. The fourth-order valence-electron chi connectivity index (χ4n) is 5.51. The van der Waals surface area contributed by atoms with E-state index in [4.69, 9.17) is 23.7 Å². The molecule has 3 aromatic rings. The summed E-state index contributed by atoms with van der Waals surface area (Å²) in [5.41, 5.74) is 2.88. The van der Waals surface area contributed by atoms with Crippen molar-refractivity contribution in [2.24, 2.45) is 0 Å². The van der Waals surface area contributed by atoms with E-state index in [-0.39, 0.29) is 44.8 Å². The van der Waals surface area contributed by atoms with E-state index in [0.29, 0.717) is 17.7 Å². The first-order chi connectivity index (χ1) is 24.6. The lowest BCUT2D eigenvalue weighted by atomic mass is 9.94. The maximum atomic E-state index is 13.9. The van der Waals surface area contributed by atoms with Gasteiger partial charge in [0.05, 0.1) is 19.8 Å². The standard InChI is InChI=1S/C39H43NO11/c1-26-12-10-17-30(20-26)32(34(43)18-11-19-48-24-31(22-41)49-23-28-13-6-4-7-14-28)21-35(44)36(51-27(2)42)37(47-3)38(45)40-33(25-50-39(40)46)29-15-8-5-9-16-29/h4-10,12-17,20-21,31,33,36-37,41H,11,18-19,22-25H2,1-3H3/t31-,33-,36-,37+/m1/s1. The number of allylic oxidation sites excluding steroid dienone is 1. The maximum absolute atomic E-state index is 13.9. The van der Waals surface area contributed by atoms with Crippen LogP contribution in [0.1, 0.15) is 48.1 Å². The highest BCUT2D eigenvalue weighted by molar-refractivity contribution is 6.25. The number of carbonyl (C=O) groups excluding carboxylic acids is 5. The molecule has 0 saturated carbocycles. The first-order valence-electron chi connectivity index (χ1n) is 16.6. The molecule has 0 unspecified atom stereocenters. The Kier molecular flexibility index (Phi) is 14.8. The van der Waals surface area contributed by atoms with E-state index in [2.05, 4.69) is 0 Å². The van der Waals surface area contributed by atoms with Crippen molar-refractivity contribution < 1.29 is 52.8 Å². The van der Waals surface area contributed by atoms with E-state index in [1.54, 1.807) is 48.5 Å². The number of carbonyl (C=O) groups is 5. The minimum absolute atomic E-state index is 0.00897. The number of hydrogen-bond donors (Lipinski definition) is 1. The normalized spacial score (nSPS) is 16.2. The van der Waals surface area contributed by atoms with Crippen LogP contribution in [0.5, 0.6) is 0 Å². The highest BCUT2D eigenvalue weighted by Crippen LogP contribution is 2.30. The predicted octanol–water partition coefficient (Wildman–Crippen LogP) is 4.56. The number of rotatable bonds is 19. The molecule has 12 nitrogen and oxygen atoms in total. The summed E-state index contributed by atoms with van der Waals surface area (Å²) in [6, 6.07) is 24.4. The summed E-state index contributed by atoms with van der Waals surface area (Å²) in [6.07, 6.45) is -3.73. The lowest BCUT2D eigenvalue weighted by molar-refractivity contribution is -0.166. The molecule has 12 heteroatoms. The van der Waals surface area contributed by atoms with Crippen LogP contribution >= 0.6 is 0 Å². The summed E-state index contributed by atoms with van der Waals surface area (Å²) in [4.78, 5) is 67.2. The molecule has 0 aliphatic carbocycles. The third kappa shape index (κ3) is 11.0. The number of imide groups is 1. The molecule has 1 aliphatic heterocycles. The number of aryl methyl sites for hydroxylation is 1. The summed E-state index contributed by atoms with van der Waals surface area (Å²) >= 11 is 0. The average Bonchev–Trinajstić information content (AvgIpc) is 3.53. The summed E-state index contributed by atoms with van der Waals surface area (Å²) in [5, 5.41) is 9.70. The second-order valence-corrected chi connectivity index (χ2v) is 11.9. The highest BCUT2D eigenvalue weighted by atomic mass is 16.6. The van der Waals surface area contributed by atoms with Gasteiger partial charge in [0.25, 0.3) is 5.91 Å². The van der Waals surface area contributed by atoms with Crippen LogP contribution in [-0.2, 0) is 49.5 Å². The van der Waals surface area contributed by atoms with Crippen LogP contribution in [0.15, 0.2) is 91.0 Å². The first kappa shape index (κ1) is 38.8. The van der Waals surface area contributed by atoms with Gasteiger partial charge in [-0.15, -0.1) is 0 Å². The number of nitrogens with zero attached hydrogens (tertiary/aromatic N) is 1. The molecule has 1 saturated heterocycles. The van der Waals surface area contributed by atoms with E-state index in [0.717, 1.165) is 36.1 Å². The zero-order valence-corrected chi connectivity index (χ0v) is 28.9. The van der Waals surface area contributed by atoms with Crippen LogP contribution in [0, 0.1) is 6.92 Å². The molecule has 2 amide bonds. The Bertz CT molecular complexity index is 1670. The van der Waals surface area contributed by atoms with Gasteiger partial charge < -0.3 is 28.8 Å². The molecule has 1 fully saturated rings. The number of hydrogen-bond acceptors (Lipinski definition) is 11. The number of aliphatic hydroxyl groups excluding tert-OH is 1. The van der Waals surface area contributed by atoms with Crippen molar-refractivity contribution in [3.8, 4) is 0 Å². The first-order valence-corrected chi connectivity index (χ1v) is 16.6. The average molecular weight is 702 g/mol. The smallest absolute Gasteiger partial charge is 0.417 e. The van der Waals surface area contributed by atoms with Gasteiger partial charge in [-0.3, -0.25) is 19.2 Å². The van der Waals surface area contributed by atoms with Crippen LogP contribution in [0.2, 0.25) is 0 Å². The molecule has 0 bridgehead atoms. The predicted molar refractivity (Wildman–Crippen MR) is 185 cm³/mol. The highest BCUT2D eigenvalue weighted by Gasteiger charge is 2.46. The van der Waals surface area contributed by atoms with Crippen LogP contribution in [0.3, 0.4) is 0 Å². The van der Waals surface area contributed by atoms with Crippen LogP contribution in [0.25, 0.3) is 5.57 Å². The third-order valence-electron chi connectivity index (χ3n) is 8.08. The number of ether oxygens (including phenoxy) is 5. The second kappa shape index (κ2) is 19.4. The van der Waals surface area contributed by atoms with Crippen LogP contribution in [-0.4, -0.2) is 91.4 Å². The van der Waals surface area contributed by atoms with E-state index in [9.17, 15) is 29.1 Å². The van der Waals surface area contributed by atoms with E-state index in [1.165, 1.54) is 0 Å². The van der Waals surface area contributed by atoms with Gasteiger partial charge in [0.1, 0.15) is 18.8 Å². The van der Waals surface area contributed by atoms with E-state index in [1.807, 2.05) is 43.3 Å². The Balaban J connectivity index is 1.49. The summed E-state index contributed by atoms with van der Waals surface area (Å²) in [6.45, 7) is 3.14. The molecule has 0 radical (unpaired) electrons. The van der Waals surface area contributed by atoms with Crippen molar-refractivity contribution >= 4 is 35.1 Å². The lowest BCUT2D eigenvalue weighted by Gasteiger charge is -2.28. The third-order valence-corrected chi connectivity index (χ3v) is 8.08. The molecular weight excluding hydrogens is 658 g/mol. The molecule has 0 aromatic heterocycles. The van der Waals surface area contributed by atoms with Crippen molar-refractivity contribution in [1.82, 2.24) is 4.90 Å². The van der Waals surface area contributed by atoms with Crippen LogP contribution < -0.4 is 0 Å². The molecule has 4 atom stereocenters. The van der Waals surface area contributed by atoms with Crippen molar-refractivity contribution in [2.75, 3.05) is 33.5 Å². The van der Waals surface area contributed by atoms with E-state index < -0.39 is 53.9 Å². The Morgan fingerprint density at radius 1 is 0.980 bits per heavy atom. The molecule has 51 heavy (non-hydrogen) atoms. The SMILES string of the molecule is CO[C@H](C(=O)N1C(=O)OC[C@@H]1c1ccccc1)[C@H](OC(C)=O)C(=O)C=C(C(=O)CCCOC[C@@H](CO)OCc1ccccc1)c1cccc(C)c1. The number of ketones is 2. The van der Waals surface area contributed by atoms with Gasteiger partial charge in [-0.2, -0.15) is 0 Å². The number of Topliss-reactive ketones (excluding diaryl/α,β-unsaturated/α-hetero) is 1. The van der Waals surface area contributed by atoms with Gasteiger partial charge in [0.2, 0.25) is 0 Å². The molecule has 3 aromatic carbocycles. The minimum Gasteiger partial charge on any atom is -0.451 e. The Morgan fingerprint density at radius 3 is 2.33 bits per heavy atom. The topological polar surface area (TPSA) is 155 Å². The van der Waals surface area contributed by atoms with Gasteiger partial charge in [-0.25, -0.2) is 9.69 Å². The molecular formula is C39H43NO11. The molecule has 1 heterocycles. The number of cyclic esters (lactones) is 1. The number of amides is 2. The molecule has 1 N–H and O–H groups in total. The molecule has 0 spiro atoms. The van der Waals surface area contributed by atoms with E-state index >= 15 is 0 Å². The molecule has 270 valence electrons. The molecule has 4 rings (SSSR count). The summed E-state index contributed by atoms with van der Waals surface area (Å²) in [5.74, 6) is -3.12. The van der Waals surface area contributed by atoms with Crippen molar-refractivity contribution in [1.29, 1.82) is 0 Å². The monoisotopic (exact) mass is 701 g/mol. The largest absolute Gasteiger partial charge is 0.451 e. The maximum Gasteiger partial charge on any atom is 0.417 e. The second-order valence-electron chi connectivity index (χ2n) is 11.9. The van der Waals surface area contributed by atoms with Gasteiger partial charge in [0, 0.05) is 32.6 Å².